The van der Waals surface area contributed by atoms with Gasteiger partial charge in [0.05, 0.1) is 0 Å². The van der Waals surface area contributed by atoms with Crippen LogP contribution in [0.25, 0.3) is 0 Å². The highest BCUT2D eigenvalue weighted by Crippen LogP contribution is 2.32. The Morgan fingerprint density at radius 1 is 1.07 bits per heavy atom. The fourth-order valence-electron chi connectivity index (χ4n) is 2.75. The van der Waals surface area contributed by atoms with Gasteiger partial charge in [-0.2, -0.15) is 0 Å². The number of anilines is 1. The molecule has 2 aromatic rings. The number of rotatable bonds is 6. The summed E-state index contributed by atoms with van der Waals surface area (Å²) >= 11 is 5.83. The lowest BCUT2D eigenvalue weighted by atomic mass is 9.92. The molecular formula is C21H24ClNO4. The third kappa shape index (κ3) is 5.23. The lowest BCUT2D eigenvalue weighted by Gasteiger charge is -2.20. The van der Waals surface area contributed by atoms with E-state index in [9.17, 15) is 14.7 Å². The fraction of sp³-hybridized carbons (Fsp3) is 0.333. The molecular weight excluding hydrogens is 366 g/mol. The zero-order valence-corrected chi connectivity index (χ0v) is 16.6. The summed E-state index contributed by atoms with van der Waals surface area (Å²) in [7, 11) is 0. The third-order valence-electron chi connectivity index (χ3n) is 4.15. The number of nitrogens with one attached hydrogen (secondary N) is 1. The molecule has 0 fully saturated rings. The van der Waals surface area contributed by atoms with Crippen LogP contribution < -0.4 is 5.32 Å². The van der Waals surface area contributed by atoms with E-state index in [1.807, 2.05) is 18.2 Å². The molecule has 0 radical (unpaired) electrons. The summed E-state index contributed by atoms with van der Waals surface area (Å²) < 4.78 is 5.03. The number of carbonyl (C=O) groups is 2. The number of esters is 1. The molecule has 0 spiro atoms. The summed E-state index contributed by atoms with van der Waals surface area (Å²) in [4.78, 5) is 24.5. The first-order chi connectivity index (χ1) is 12.7. The largest absolute Gasteiger partial charge is 0.507 e. The van der Waals surface area contributed by atoms with Crippen molar-refractivity contribution in [2.45, 2.75) is 39.5 Å². The molecule has 2 rings (SSSR count). The van der Waals surface area contributed by atoms with Crippen LogP contribution in [0.1, 0.15) is 61.0 Å². The van der Waals surface area contributed by atoms with Crippen LogP contribution >= 0.6 is 11.6 Å². The number of carbonyl (C=O) groups excluding carboxylic acids is 2. The molecule has 0 unspecified atom stereocenters. The van der Waals surface area contributed by atoms with Crippen LogP contribution in [0.4, 0.5) is 5.69 Å². The summed E-state index contributed by atoms with van der Waals surface area (Å²) in [5, 5.41) is 12.9. The van der Waals surface area contributed by atoms with E-state index in [1.54, 1.807) is 0 Å². The normalized spacial score (nSPS) is 10.9. The predicted molar refractivity (Wildman–Crippen MR) is 107 cm³/mol. The molecule has 5 nitrogen and oxygen atoms in total. The van der Waals surface area contributed by atoms with E-state index in [2.05, 4.69) is 33.0 Å². The highest BCUT2D eigenvalue weighted by molar-refractivity contribution is 6.31. The number of halogens is 1. The van der Waals surface area contributed by atoms with Gasteiger partial charge in [0.15, 0.2) is 6.61 Å². The first-order valence-corrected chi connectivity index (χ1v) is 9.16. The smallest absolute Gasteiger partial charge is 0.342 e. The number of para-hydroxylation sites is 1. The molecule has 0 heterocycles. The van der Waals surface area contributed by atoms with Crippen LogP contribution in [0.5, 0.6) is 5.75 Å². The van der Waals surface area contributed by atoms with Gasteiger partial charge in [0.2, 0.25) is 0 Å². The second kappa shape index (κ2) is 8.91. The summed E-state index contributed by atoms with van der Waals surface area (Å²) in [6.45, 7) is 7.75. The SMILES string of the molecule is CC(C)c1cccc(C(C)C)c1NC(=O)COC(=O)c1cc(Cl)ccc1O. The van der Waals surface area contributed by atoms with E-state index >= 15 is 0 Å². The zero-order chi connectivity index (χ0) is 20.1. The average molecular weight is 390 g/mol. The topological polar surface area (TPSA) is 75.6 Å². The Morgan fingerprint density at radius 3 is 2.22 bits per heavy atom. The van der Waals surface area contributed by atoms with Crippen molar-refractivity contribution >= 4 is 29.2 Å². The Hall–Kier alpha value is -2.53. The number of benzene rings is 2. The number of phenols is 1. The van der Waals surface area contributed by atoms with Crippen LogP contribution in [0.2, 0.25) is 5.02 Å². The van der Waals surface area contributed by atoms with Gasteiger partial charge in [-0.15, -0.1) is 0 Å². The van der Waals surface area contributed by atoms with E-state index in [-0.39, 0.29) is 28.2 Å². The molecule has 6 heteroatoms. The van der Waals surface area contributed by atoms with Crippen molar-refractivity contribution in [1.82, 2.24) is 0 Å². The molecule has 0 bridgehead atoms. The lowest BCUT2D eigenvalue weighted by Crippen LogP contribution is -2.22. The van der Waals surface area contributed by atoms with Gasteiger partial charge in [0, 0.05) is 10.7 Å². The van der Waals surface area contributed by atoms with Crippen molar-refractivity contribution in [2.75, 3.05) is 11.9 Å². The van der Waals surface area contributed by atoms with Gasteiger partial charge >= 0.3 is 5.97 Å². The minimum atomic E-state index is -0.814. The number of hydrogen-bond acceptors (Lipinski definition) is 4. The Morgan fingerprint density at radius 2 is 1.67 bits per heavy atom. The van der Waals surface area contributed by atoms with Crippen LogP contribution in [0.15, 0.2) is 36.4 Å². The Kier molecular flexibility index (Phi) is 6.86. The molecule has 0 atom stereocenters. The van der Waals surface area contributed by atoms with E-state index in [0.29, 0.717) is 0 Å². The molecule has 27 heavy (non-hydrogen) atoms. The van der Waals surface area contributed by atoms with E-state index in [4.69, 9.17) is 16.3 Å². The summed E-state index contributed by atoms with van der Waals surface area (Å²) in [5.74, 6) is -1.06. The minimum absolute atomic E-state index is 0.0826. The van der Waals surface area contributed by atoms with Crippen molar-refractivity contribution in [3.8, 4) is 5.75 Å². The van der Waals surface area contributed by atoms with Gasteiger partial charge in [-0.1, -0.05) is 57.5 Å². The minimum Gasteiger partial charge on any atom is -0.507 e. The van der Waals surface area contributed by atoms with E-state index < -0.39 is 18.5 Å². The first kappa shape index (κ1) is 20.8. The second-order valence-electron chi connectivity index (χ2n) is 6.91. The van der Waals surface area contributed by atoms with Gasteiger partial charge in [-0.05, 0) is 41.2 Å². The van der Waals surface area contributed by atoms with Gasteiger partial charge in [0.1, 0.15) is 11.3 Å². The Balaban J connectivity index is 2.12. The van der Waals surface area contributed by atoms with Gasteiger partial charge in [-0.25, -0.2) is 4.79 Å². The van der Waals surface area contributed by atoms with Crippen molar-refractivity contribution in [1.29, 1.82) is 0 Å². The fourth-order valence-corrected chi connectivity index (χ4v) is 2.92. The van der Waals surface area contributed by atoms with Crippen molar-refractivity contribution < 1.29 is 19.4 Å². The van der Waals surface area contributed by atoms with Crippen LogP contribution in [0, 0.1) is 0 Å². The summed E-state index contributed by atoms with van der Waals surface area (Å²) in [5.41, 5.74) is 2.72. The number of ether oxygens (including phenoxy) is 1. The molecule has 0 aliphatic carbocycles. The lowest BCUT2D eigenvalue weighted by molar-refractivity contribution is -0.119. The maximum atomic E-state index is 12.4. The zero-order valence-electron chi connectivity index (χ0n) is 15.9. The maximum Gasteiger partial charge on any atom is 0.342 e. The molecule has 144 valence electrons. The van der Waals surface area contributed by atoms with Crippen molar-refractivity contribution in [3.05, 3.63) is 58.1 Å². The second-order valence-corrected chi connectivity index (χ2v) is 7.34. The molecule has 2 N–H and O–H groups in total. The summed E-state index contributed by atoms with van der Waals surface area (Å²) in [6.07, 6.45) is 0. The molecule has 0 aromatic heterocycles. The van der Waals surface area contributed by atoms with Crippen LogP contribution in [-0.2, 0) is 9.53 Å². The van der Waals surface area contributed by atoms with Crippen LogP contribution in [0.3, 0.4) is 0 Å². The quantitative estimate of drug-likeness (QED) is 0.675. The number of phenolic OH excluding ortho intramolecular Hbond substituents is 1. The number of aromatic hydroxyl groups is 1. The highest BCUT2D eigenvalue weighted by Gasteiger charge is 2.18. The number of hydrogen-bond donors (Lipinski definition) is 2. The molecule has 0 saturated heterocycles. The van der Waals surface area contributed by atoms with Gasteiger partial charge < -0.3 is 15.2 Å². The van der Waals surface area contributed by atoms with E-state index in [1.165, 1.54) is 18.2 Å². The Labute approximate surface area is 164 Å². The third-order valence-corrected chi connectivity index (χ3v) is 4.39. The molecule has 0 saturated carbocycles. The molecule has 0 aliphatic heterocycles. The summed E-state index contributed by atoms with van der Waals surface area (Å²) in [6, 6.07) is 9.97. The average Bonchev–Trinajstić information content (AvgIpc) is 2.61. The van der Waals surface area contributed by atoms with Gasteiger partial charge in [-0.3, -0.25) is 4.79 Å². The molecule has 0 aliphatic rings. The van der Waals surface area contributed by atoms with E-state index in [0.717, 1.165) is 16.8 Å². The maximum absolute atomic E-state index is 12.4. The number of amides is 1. The van der Waals surface area contributed by atoms with Gasteiger partial charge in [0.25, 0.3) is 5.91 Å². The first-order valence-electron chi connectivity index (χ1n) is 8.79. The highest BCUT2D eigenvalue weighted by atomic mass is 35.5. The van der Waals surface area contributed by atoms with Crippen molar-refractivity contribution in [3.63, 3.8) is 0 Å². The standard InChI is InChI=1S/C21H24ClNO4/c1-12(2)15-6-5-7-16(13(3)4)20(15)23-19(25)11-27-21(26)17-10-14(22)8-9-18(17)24/h5-10,12-13,24H,11H2,1-4H3,(H,23,25). The monoisotopic (exact) mass is 389 g/mol. The Bertz CT molecular complexity index is 820. The predicted octanol–water partition coefficient (Wildman–Crippen LogP) is 5.09. The van der Waals surface area contributed by atoms with Crippen molar-refractivity contribution in [2.24, 2.45) is 0 Å². The molecule has 2 aromatic carbocycles. The molecule has 1 amide bonds. The van der Waals surface area contributed by atoms with Crippen LogP contribution in [-0.4, -0.2) is 23.6 Å².